The van der Waals surface area contributed by atoms with Crippen molar-refractivity contribution in [2.45, 2.75) is 36.6 Å². The van der Waals surface area contributed by atoms with Crippen LogP contribution < -0.4 is 5.73 Å². The number of aromatic nitrogens is 2. The van der Waals surface area contributed by atoms with Crippen molar-refractivity contribution < 1.29 is 9.84 Å². The van der Waals surface area contributed by atoms with Crippen LogP contribution in [-0.2, 0) is 11.2 Å². The van der Waals surface area contributed by atoms with Crippen LogP contribution in [0.4, 0.5) is 5.82 Å². The van der Waals surface area contributed by atoms with Crippen LogP contribution in [0.2, 0.25) is 0 Å². The molecule has 0 fully saturated rings. The Bertz CT molecular complexity index is 899. The molecule has 7 heteroatoms. The molecule has 1 aromatic carbocycles. The third kappa shape index (κ3) is 3.86. The number of hydrogen-bond donors (Lipinski definition) is 2. The fraction of sp³-hybridized carbons (Fsp3) is 0.368. The number of hydrogen-bond acceptors (Lipinski definition) is 7. The van der Waals surface area contributed by atoms with Gasteiger partial charge in [0.1, 0.15) is 10.6 Å². The van der Waals surface area contributed by atoms with Gasteiger partial charge in [-0.3, -0.25) is 0 Å². The van der Waals surface area contributed by atoms with E-state index in [1.807, 2.05) is 11.4 Å². The smallest absolute Gasteiger partial charge is 0.190 e. The molecule has 0 amide bonds. The Labute approximate surface area is 160 Å². The number of benzene rings is 1. The SMILES string of the molecule is Nc1nc(SC[C@@H](O)CO[C@@H]2CCCc3ccccc32)nc2sccc12. The zero-order chi connectivity index (χ0) is 17.9. The lowest BCUT2D eigenvalue weighted by atomic mass is 9.89. The molecule has 136 valence electrons. The van der Waals surface area contributed by atoms with E-state index in [0.717, 1.165) is 29.5 Å². The number of ether oxygens (including phenoxy) is 1. The van der Waals surface area contributed by atoms with Crippen molar-refractivity contribution in [3.63, 3.8) is 0 Å². The van der Waals surface area contributed by atoms with E-state index >= 15 is 0 Å². The molecule has 2 heterocycles. The maximum Gasteiger partial charge on any atom is 0.190 e. The second kappa shape index (κ2) is 7.92. The first-order valence-electron chi connectivity index (χ1n) is 8.71. The van der Waals surface area contributed by atoms with Crippen molar-refractivity contribution in [3.05, 3.63) is 46.8 Å². The molecule has 5 nitrogen and oxygen atoms in total. The molecule has 0 saturated carbocycles. The van der Waals surface area contributed by atoms with E-state index in [1.165, 1.54) is 22.9 Å². The molecular formula is C19H21N3O2S2. The summed E-state index contributed by atoms with van der Waals surface area (Å²) in [7, 11) is 0. The van der Waals surface area contributed by atoms with E-state index in [2.05, 4.69) is 34.2 Å². The molecule has 1 aliphatic rings. The van der Waals surface area contributed by atoms with Gasteiger partial charge in [0.05, 0.1) is 24.2 Å². The highest BCUT2D eigenvalue weighted by Crippen LogP contribution is 2.32. The lowest BCUT2D eigenvalue weighted by molar-refractivity contribution is -0.00960. The Hall–Kier alpha value is -1.67. The molecule has 0 aliphatic heterocycles. The summed E-state index contributed by atoms with van der Waals surface area (Å²) in [6, 6.07) is 10.3. The normalized spacial score (nSPS) is 18.0. The predicted octanol–water partition coefficient (Wildman–Crippen LogP) is 3.82. The van der Waals surface area contributed by atoms with Crippen LogP contribution >= 0.6 is 23.1 Å². The predicted molar refractivity (Wildman–Crippen MR) is 107 cm³/mol. The zero-order valence-corrected chi connectivity index (χ0v) is 15.9. The molecule has 3 N–H and O–H groups in total. The minimum absolute atomic E-state index is 0.0777. The summed E-state index contributed by atoms with van der Waals surface area (Å²) in [4.78, 5) is 9.67. The number of rotatable bonds is 6. The summed E-state index contributed by atoms with van der Waals surface area (Å²) >= 11 is 2.95. The first-order valence-corrected chi connectivity index (χ1v) is 10.6. The monoisotopic (exact) mass is 387 g/mol. The van der Waals surface area contributed by atoms with E-state index in [9.17, 15) is 5.11 Å². The van der Waals surface area contributed by atoms with Crippen LogP contribution in [-0.4, -0.2) is 33.5 Å². The molecule has 26 heavy (non-hydrogen) atoms. The van der Waals surface area contributed by atoms with Gasteiger partial charge in [-0.25, -0.2) is 9.97 Å². The van der Waals surface area contributed by atoms with Crippen molar-refractivity contribution in [1.29, 1.82) is 0 Å². The van der Waals surface area contributed by atoms with Crippen molar-refractivity contribution in [2.75, 3.05) is 18.1 Å². The van der Waals surface area contributed by atoms with E-state index < -0.39 is 6.10 Å². The number of nitrogen functional groups attached to an aromatic ring is 1. The van der Waals surface area contributed by atoms with Crippen LogP contribution in [0.1, 0.15) is 30.1 Å². The van der Waals surface area contributed by atoms with E-state index in [-0.39, 0.29) is 6.10 Å². The number of nitrogens with zero attached hydrogens (tertiary/aromatic N) is 2. The highest BCUT2D eigenvalue weighted by Gasteiger charge is 2.21. The average Bonchev–Trinajstić information content (AvgIpc) is 3.14. The molecule has 0 unspecified atom stereocenters. The molecule has 0 bridgehead atoms. The number of aliphatic hydroxyl groups is 1. The van der Waals surface area contributed by atoms with Gasteiger partial charge in [0, 0.05) is 5.75 Å². The van der Waals surface area contributed by atoms with Gasteiger partial charge >= 0.3 is 0 Å². The molecule has 1 aliphatic carbocycles. The third-order valence-electron chi connectivity index (χ3n) is 4.54. The summed E-state index contributed by atoms with van der Waals surface area (Å²) in [5.41, 5.74) is 8.59. The minimum Gasteiger partial charge on any atom is -0.390 e. The molecule has 2 aromatic heterocycles. The number of aryl methyl sites for hydroxylation is 1. The molecule has 4 rings (SSSR count). The Balaban J connectivity index is 1.32. The Morgan fingerprint density at radius 3 is 3.12 bits per heavy atom. The van der Waals surface area contributed by atoms with Gasteiger partial charge in [-0.2, -0.15) is 0 Å². The van der Waals surface area contributed by atoms with Crippen LogP contribution in [0.5, 0.6) is 0 Å². The average molecular weight is 388 g/mol. The van der Waals surface area contributed by atoms with Crippen molar-refractivity contribution >= 4 is 39.1 Å². The standard InChI is InChI=1S/C19H21N3O2S2/c20-17-15-8-9-25-18(15)22-19(21-17)26-11-13(23)10-24-16-7-3-5-12-4-1-2-6-14(12)16/h1-2,4,6,8-9,13,16,23H,3,5,7,10-11H2,(H2,20,21,22)/t13-,16+/m0/s1. The summed E-state index contributed by atoms with van der Waals surface area (Å²) in [5, 5.41) is 13.7. The van der Waals surface area contributed by atoms with E-state index in [4.69, 9.17) is 10.5 Å². The number of thiophene rings is 1. The number of nitrogens with two attached hydrogens (primary N) is 1. The summed E-state index contributed by atoms with van der Waals surface area (Å²) in [6.07, 6.45) is 2.75. The molecule has 2 atom stereocenters. The maximum atomic E-state index is 10.3. The molecular weight excluding hydrogens is 366 g/mol. The Morgan fingerprint density at radius 2 is 2.19 bits per heavy atom. The topological polar surface area (TPSA) is 81.3 Å². The quantitative estimate of drug-likeness (QED) is 0.494. The lowest BCUT2D eigenvalue weighted by Crippen LogP contribution is -2.22. The summed E-state index contributed by atoms with van der Waals surface area (Å²) < 4.78 is 6.01. The zero-order valence-electron chi connectivity index (χ0n) is 14.3. The van der Waals surface area contributed by atoms with Crippen molar-refractivity contribution in [2.24, 2.45) is 0 Å². The highest BCUT2D eigenvalue weighted by molar-refractivity contribution is 7.99. The van der Waals surface area contributed by atoms with Gasteiger partial charge in [-0.1, -0.05) is 36.0 Å². The second-order valence-electron chi connectivity index (χ2n) is 6.41. The van der Waals surface area contributed by atoms with Gasteiger partial charge in [0.15, 0.2) is 5.16 Å². The fourth-order valence-corrected chi connectivity index (χ4v) is 4.84. The van der Waals surface area contributed by atoms with Gasteiger partial charge in [-0.15, -0.1) is 11.3 Å². The van der Waals surface area contributed by atoms with Crippen molar-refractivity contribution in [3.8, 4) is 0 Å². The van der Waals surface area contributed by atoms with Crippen LogP contribution in [0.25, 0.3) is 10.2 Å². The van der Waals surface area contributed by atoms with Gasteiger partial charge < -0.3 is 15.6 Å². The third-order valence-corrected chi connectivity index (χ3v) is 6.34. The number of aliphatic hydroxyl groups excluding tert-OH is 1. The van der Waals surface area contributed by atoms with Gasteiger partial charge in [0.2, 0.25) is 0 Å². The highest BCUT2D eigenvalue weighted by atomic mass is 32.2. The molecule has 0 saturated heterocycles. The van der Waals surface area contributed by atoms with E-state index in [0.29, 0.717) is 23.3 Å². The second-order valence-corrected chi connectivity index (χ2v) is 8.29. The lowest BCUT2D eigenvalue weighted by Gasteiger charge is -2.26. The Kier molecular flexibility index (Phi) is 5.40. The van der Waals surface area contributed by atoms with Crippen molar-refractivity contribution in [1.82, 2.24) is 9.97 Å². The molecule has 0 radical (unpaired) electrons. The van der Waals surface area contributed by atoms with Gasteiger partial charge in [-0.05, 0) is 41.8 Å². The van der Waals surface area contributed by atoms with E-state index in [1.54, 1.807) is 11.3 Å². The van der Waals surface area contributed by atoms with Crippen LogP contribution in [0.15, 0.2) is 40.9 Å². The number of thioether (sulfide) groups is 1. The Morgan fingerprint density at radius 1 is 1.31 bits per heavy atom. The summed E-state index contributed by atoms with van der Waals surface area (Å²) in [5.74, 6) is 0.966. The first-order chi connectivity index (χ1) is 12.7. The minimum atomic E-state index is -0.571. The summed E-state index contributed by atoms with van der Waals surface area (Å²) in [6.45, 7) is 0.308. The van der Waals surface area contributed by atoms with Crippen LogP contribution in [0.3, 0.4) is 0 Å². The molecule has 3 aromatic rings. The number of fused-ring (bicyclic) bond motifs is 2. The maximum absolute atomic E-state index is 10.3. The van der Waals surface area contributed by atoms with Gasteiger partial charge in [0.25, 0.3) is 0 Å². The number of anilines is 1. The fourth-order valence-electron chi connectivity index (χ4n) is 3.25. The molecule has 0 spiro atoms. The largest absolute Gasteiger partial charge is 0.390 e. The van der Waals surface area contributed by atoms with Crippen LogP contribution in [0, 0.1) is 0 Å². The first kappa shape index (κ1) is 17.7.